The molecule has 0 bridgehead atoms. The van der Waals surface area contributed by atoms with E-state index in [-0.39, 0.29) is 36.0 Å². The van der Waals surface area contributed by atoms with E-state index in [4.69, 9.17) is 0 Å². The van der Waals surface area contributed by atoms with Gasteiger partial charge in [0.15, 0.2) is 0 Å². The van der Waals surface area contributed by atoms with Gasteiger partial charge in [0.05, 0.1) is 7.11 Å². The van der Waals surface area contributed by atoms with Crippen LogP contribution >= 0.6 is 0 Å². The van der Waals surface area contributed by atoms with Crippen LogP contribution in [-0.2, 0) is 19.1 Å². The SMILES string of the molecule is COC(=O)C1CC2C(=O)CC(c3ccc(C(C)C)cc3)CC2NC1=O. The number of rotatable bonds is 3. The number of ether oxygens (including phenoxy) is 1. The minimum atomic E-state index is -0.864. The molecule has 0 radical (unpaired) electrons. The third-order valence-corrected chi connectivity index (χ3v) is 5.58. The van der Waals surface area contributed by atoms with E-state index in [1.165, 1.54) is 12.7 Å². The molecule has 4 atom stereocenters. The van der Waals surface area contributed by atoms with Crippen molar-refractivity contribution in [1.29, 1.82) is 0 Å². The fraction of sp³-hybridized carbons (Fsp3) is 0.550. The molecule has 1 aromatic rings. The number of hydrogen-bond acceptors (Lipinski definition) is 4. The molecule has 5 heteroatoms. The second kappa shape index (κ2) is 6.98. The number of amides is 1. The number of esters is 1. The minimum absolute atomic E-state index is 0.116. The van der Waals surface area contributed by atoms with Gasteiger partial charge in [0.25, 0.3) is 0 Å². The van der Waals surface area contributed by atoms with Crippen LogP contribution in [0.4, 0.5) is 0 Å². The largest absolute Gasteiger partial charge is 0.468 e. The van der Waals surface area contributed by atoms with Crippen LogP contribution < -0.4 is 5.32 Å². The Labute approximate surface area is 148 Å². The van der Waals surface area contributed by atoms with Gasteiger partial charge >= 0.3 is 5.97 Å². The van der Waals surface area contributed by atoms with E-state index in [1.54, 1.807) is 0 Å². The maximum atomic E-state index is 12.6. The van der Waals surface area contributed by atoms with Gasteiger partial charge in [0.2, 0.25) is 5.91 Å². The Morgan fingerprint density at radius 2 is 1.84 bits per heavy atom. The number of Topliss-reactive ketones (excluding diaryl/α,β-unsaturated/α-hetero) is 1. The van der Waals surface area contributed by atoms with Gasteiger partial charge in [-0.2, -0.15) is 0 Å². The summed E-state index contributed by atoms with van der Waals surface area (Å²) >= 11 is 0. The van der Waals surface area contributed by atoms with E-state index >= 15 is 0 Å². The van der Waals surface area contributed by atoms with Crippen LogP contribution in [0.2, 0.25) is 0 Å². The molecule has 2 aliphatic rings. The highest BCUT2D eigenvalue weighted by molar-refractivity contribution is 6.00. The Morgan fingerprint density at radius 1 is 1.16 bits per heavy atom. The van der Waals surface area contributed by atoms with Crippen molar-refractivity contribution in [3.8, 4) is 0 Å². The molecule has 1 heterocycles. The van der Waals surface area contributed by atoms with Crippen molar-refractivity contribution >= 4 is 17.7 Å². The van der Waals surface area contributed by atoms with Gasteiger partial charge in [0.1, 0.15) is 11.7 Å². The standard InChI is InChI=1S/C20H25NO4/c1-11(2)12-4-6-13(7-5-12)14-8-17-15(18(22)9-14)10-16(19(23)21-17)20(24)25-3/h4-7,11,14-17H,8-10H2,1-3H3,(H,21,23). The summed E-state index contributed by atoms with van der Waals surface area (Å²) in [5.41, 5.74) is 2.41. The smallest absolute Gasteiger partial charge is 0.318 e. The van der Waals surface area contributed by atoms with E-state index in [1.807, 2.05) is 0 Å². The van der Waals surface area contributed by atoms with E-state index in [2.05, 4.69) is 48.2 Å². The summed E-state index contributed by atoms with van der Waals surface area (Å²) in [5, 5.41) is 2.88. The van der Waals surface area contributed by atoms with E-state index in [0.717, 1.165) is 12.0 Å². The number of methoxy groups -OCH3 is 1. The summed E-state index contributed by atoms with van der Waals surface area (Å²) in [5.74, 6) is -1.32. The molecule has 1 aromatic carbocycles. The first-order valence-electron chi connectivity index (χ1n) is 8.91. The van der Waals surface area contributed by atoms with Crippen molar-refractivity contribution in [1.82, 2.24) is 5.32 Å². The quantitative estimate of drug-likeness (QED) is 0.676. The van der Waals surface area contributed by atoms with Crippen LogP contribution in [0.5, 0.6) is 0 Å². The number of carbonyl (C=O) groups is 3. The van der Waals surface area contributed by atoms with Crippen molar-refractivity contribution in [2.45, 2.75) is 51.0 Å². The summed E-state index contributed by atoms with van der Waals surface area (Å²) in [6, 6.07) is 8.22. The lowest BCUT2D eigenvalue weighted by atomic mass is 9.69. The average Bonchev–Trinajstić information content (AvgIpc) is 2.60. The zero-order valence-electron chi connectivity index (χ0n) is 15.0. The van der Waals surface area contributed by atoms with E-state index in [0.29, 0.717) is 12.3 Å². The van der Waals surface area contributed by atoms with Gasteiger partial charge < -0.3 is 10.1 Å². The molecule has 5 nitrogen and oxygen atoms in total. The van der Waals surface area contributed by atoms with E-state index < -0.39 is 11.9 Å². The number of ketones is 1. The van der Waals surface area contributed by atoms with Gasteiger partial charge in [0, 0.05) is 18.4 Å². The number of piperidine rings is 1. The Hall–Kier alpha value is -2.17. The normalized spacial score (nSPS) is 29.1. The molecule has 1 amide bonds. The zero-order valence-corrected chi connectivity index (χ0v) is 15.0. The topological polar surface area (TPSA) is 72.5 Å². The molecule has 1 saturated heterocycles. The first kappa shape index (κ1) is 17.6. The maximum Gasteiger partial charge on any atom is 0.318 e. The molecule has 134 valence electrons. The molecule has 0 aromatic heterocycles. The summed E-state index contributed by atoms with van der Waals surface area (Å²) < 4.78 is 4.68. The zero-order chi connectivity index (χ0) is 18.1. The van der Waals surface area contributed by atoms with E-state index in [9.17, 15) is 14.4 Å². The average molecular weight is 343 g/mol. The number of carbonyl (C=O) groups excluding carboxylic acids is 3. The monoisotopic (exact) mass is 343 g/mol. The molecule has 4 unspecified atom stereocenters. The fourth-order valence-electron chi connectivity index (χ4n) is 4.02. The molecule has 0 spiro atoms. The lowest BCUT2D eigenvalue weighted by Crippen LogP contribution is -2.56. The van der Waals surface area contributed by atoms with Gasteiger partial charge in [-0.25, -0.2) is 0 Å². The van der Waals surface area contributed by atoms with Crippen LogP contribution in [0.3, 0.4) is 0 Å². The van der Waals surface area contributed by atoms with Crippen molar-refractivity contribution < 1.29 is 19.1 Å². The highest BCUT2D eigenvalue weighted by atomic mass is 16.5. The van der Waals surface area contributed by atoms with Crippen molar-refractivity contribution in [3.63, 3.8) is 0 Å². The fourth-order valence-corrected chi connectivity index (χ4v) is 4.02. The summed E-state index contributed by atoms with van der Waals surface area (Å²) in [6.45, 7) is 4.30. The van der Waals surface area contributed by atoms with Crippen LogP contribution in [0.25, 0.3) is 0 Å². The molecular formula is C20H25NO4. The molecule has 25 heavy (non-hydrogen) atoms. The second-order valence-electron chi connectivity index (χ2n) is 7.46. The maximum absolute atomic E-state index is 12.6. The van der Waals surface area contributed by atoms with Gasteiger partial charge in [-0.1, -0.05) is 38.1 Å². The molecule has 1 N–H and O–H groups in total. The summed E-state index contributed by atoms with van der Waals surface area (Å²) in [4.78, 5) is 36.6. The predicted molar refractivity (Wildman–Crippen MR) is 93.1 cm³/mol. The number of benzene rings is 1. The Bertz CT molecular complexity index is 679. The highest BCUT2D eigenvalue weighted by Gasteiger charge is 2.46. The lowest BCUT2D eigenvalue weighted by Gasteiger charge is -2.40. The summed E-state index contributed by atoms with van der Waals surface area (Å²) in [6.07, 6.45) is 1.46. The summed E-state index contributed by atoms with van der Waals surface area (Å²) in [7, 11) is 1.27. The molecule has 1 aliphatic carbocycles. The Balaban J connectivity index is 1.74. The second-order valence-corrected chi connectivity index (χ2v) is 7.46. The van der Waals surface area contributed by atoms with Crippen LogP contribution in [0.15, 0.2) is 24.3 Å². The first-order chi connectivity index (χ1) is 11.9. The van der Waals surface area contributed by atoms with Crippen LogP contribution in [0.1, 0.15) is 56.1 Å². The van der Waals surface area contributed by atoms with Gasteiger partial charge in [-0.05, 0) is 35.8 Å². The minimum Gasteiger partial charge on any atom is -0.468 e. The van der Waals surface area contributed by atoms with Gasteiger partial charge in [-0.3, -0.25) is 14.4 Å². The lowest BCUT2D eigenvalue weighted by molar-refractivity contribution is -0.154. The molecular weight excluding hydrogens is 318 g/mol. The third-order valence-electron chi connectivity index (χ3n) is 5.58. The molecule has 1 aliphatic heterocycles. The third kappa shape index (κ3) is 3.46. The van der Waals surface area contributed by atoms with Crippen LogP contribution in [-0.4, -0.2) is 30.8 Å². The Kier molecular flexibility index (Phi) is 4.93. The van der Waals surface area contributed by atoms with Gasteiger partial charge in [-0.15, -0.1) is 0 Å². The first-order valence-corrected chi connectivity index (χ1v) is 8.91. The molecule has 3 rings (SSSR count). The predicted octanol–water partition coefficient (Wildman–Crippen LogP) is 2.55. The number of fused-ring (bicyclic) bond motifs is 1. The molecule has 2 fully saturated rings. The van der Waals surface area contributed by atoms with Crippen molar-refractivity contribution in [2.24, 2.45) is 11.8 Å². The molecule has 1 saturated carbocycles. The van der Waals surface area contributed by atoms with Crippen LogP contribution in [0, 0.1) is 11.8 Å². The van der Waals surface area contributed by atoms with Crippen molar-refractivity contribution in [2.75, 3.05) is 7.11 Å². The highest BCUT2D eigenvalue weighted by Crippen LogP contribution is 2.39. The van der Waals surface area contributed by atoms with Crippen molar-refractivity contribution in [3.05, 3.63) is 35.4 Å². The number of hydrogen-bond donors (Lipinski definition) is 1. The number of nitrogens with one attached hydrogen (secondary N) is 1. The Morgan fingerprint density at radius 3 is 2.44 bits per heavy atom.